The molecule has 0 aromatic heterocycles. The van der Waals surface area contributed by atoms with Crippen molar-refractivity contribution in [1.82, 2.24) is 4.90 Å². The van der Waals surface area contributed by atoms with Crippen LogP contribution in [0.5, 0.6) is 0 Å². The molecule has 2 aliphatic rings. The third-order valence-electron chi connectivity index (χ3n) is 5.78. The molecule has 2 rings (SSSR count). The van der Waals surface area contributed by atoms with E-state index in [-0.39, 0.29) is 17.9 Å². The summed E-state index contributed by atoms with van der Waals surface area (Å²) in [6, 6.07) is 0. The van der Waals surface area contributed by atoms with Crippen LogP contribution in [-0.2, 0) is 9.53 Å². The Bertz CT molecular complexity index is 488. The highest BCUT2D eigenvalue weighted by Crippen LogP contribution is 2.35. The van der Waals surface area contributed by atoms with E-state index in [1.54, 1.807) is 4.90 Å². The number of amides is 1. The Kier molecular flexibility index (Phi) is 8.88. The highest BCUT2D eigenvalue weighted by atomic mass is 35.5. The van der Waals surface area contributed by atoms with E-state index in [0.717, 1.165) is 51.6 Å². The number of ether oxygens (including phenoxy) is 1. The highest BCUT2D eigenvalue weighted by molar-refractivity contribution is 6.18. The number of carbonyl (C=O) groups is 1. The summed E-state index contributed by atoms with van der Waals surface area (Å²) in [7, 11) is 0. The van der Waals surface area contributed by atoms with E-state index in [9.17, 15) is 15.0 Å². The minimum Gasteiger partial charge on any atom is -0.376 e. The van der Waals surface area contributed by atoms with Crippen LogP contribution in [0.4, 0.5) is 0 Å². The monoisotopic (exact) mass is 387 g/mol. The van der Waals surface area contributed by atoms with Crippen molar-refractivity contribution in [3.8, 4) is 0 Å². The van der Waals surface area contributed by atoms with Crippen LogP contribution in [0, 0.1) is 11.8 Å². The van der Waals surface area contributed by atoms with E-state index in [1.807, 2.05) is 6.92 Å². The Morgan fingerprint density at radius 1 is 1.35 bits per heavy atom. The maximum absolute atomic E-state index is 12.7. The number of unbranched alkanes of at least 4 members (excludes halogenated alkanes) is 1. The molecule has 3 atom stereocenters. The Hall–Kier alpha value is -0.620. The second-order valence-corrected chi connectivity index (χ2v) is 8.00. The number of hydrogen-bond donors (Lipinski definition) is 2. The van der Waals surface area contributed by atoms with Crippen LogP contribution in [0.1, 0.15) is 65.2 Å². The number of allylic oxidation sites excluding steroid dienone is 1. The van der Waals surface area contributed by atoms with Gasteiger partial charge in [-0.15, -0.1) is 11.6 Å². The maximum Gasteiger partial charge on any atom is 0.227 e. The van der Waals surface area contributed by atoms with Crippen molar-refractivity contribution in [2.45, 2.75) is 77.6 Å². The number of halogens is 1. The summed E-state index contributed by atoms with van der Waals surface area (Å²) in [6.07, 6.45) is 5.90. The lowest BCUT2D eigenvalue weighted by atomic mass is 9.83. The van der Waals surface area contributed by atoms with Crippen LogP contribution in [0.25, 0.3) is 0 Å². The van der Waals surface area contributed by atoms with Gasteiger partial charge in [-0.2, -0.15) is 0 Å². The highest BCUT2D eigenvalue weighted by Gasteiger charge is 2.36. The molecule has 1 amide bonds. The predicted octanol–water partition coefficient (Wildman–Crippen LogP) is 3.42. The van der Waals surface area contributed by atoms with Gasteiger partial charge in [-0.25, -0.2) is 0 Å². The lowest BCUT2D eigenvalue weighted by molar-refractivity contribution is -0.133. The zero-order valence-corrected chi connectivity index (χ0v) is 16.9. The van der Waals surface area contributed by atoms with Crippen LogP contribution in [0.15, 0.2) is 11.3 Å². The number of hydrogen-bond acceptors (Lipinski definition) is 4. The number of nitrogens with zero attached hydrogens (tertiary/aromatic N) is 1. The van der Waals surface area contributed by atoms with Gasteiger partial charge in [0, 0.05) is 30.2 Å². The summed E-state index contributed by atoms with van der Waals surface area (Å²) in [4.78, 5) is 14.4. The average Bonchev–Trinajstić information content (AvgIpc) is 3.11. The summed E-state index contributed by atoms with van der Waals surface area (Å²) in [5.41, 5.74) is 1.28. The number of carbonyl (C=O) groups excluding carboxylic acids is 1. The minimum atomic E-state index is -1.52. The Morgan fingerprint density at radius 3 is 2.69 bits per heavy atom. The second-order valence-electron chi connectivity index (χ2n) is 7.69. The molecule has 1 unspecified atom stereocenters. The molecule has 0 saturated carbocycles. The fraction of sp³-hybridized carbons (Fsp3) is 0.850. The largest absolute Gasteiger partial charge is 0.376 e. The molecule has 150 valence electrons. The molecule has 0 radical (unpaired) electrons. The molecule has 2 N–H and O–H groups in total. The Morgan fingerprint density at radius 2 is 2.12 bits per heavy atom. The fourth-order valence-electron chi connectivity index (χ4n) is 4.18. The lowest BCUT2D eigenvalue weighted by Gasteiger charge is -2.37. The molecule has 0 spiro atoms. The topological polar surface area (TPSA) is 70.0 Å². The standard InChI is InChI=1S/C20H34ClNO4/c1-3-4-6-15(12-21)8-9-16-11-18(23)22(13-17-7-5-10-26-17)14(2)19(16)20(24)25/h15-17,20,24-25H,3-13H2,1-2H3/t15?,16-,17+/m0/s1. The van der Waals surface area contributed by atoms with Gasteiger partial charge in [-0.1, -0.05) is 19.8 Å². The molecular formula is C20H34ClNO4. The normalized spacial score (nSPS) is 25.5. The molecule has 0 aromatic carbocycles. The van der Waals surface area contributed by atoms with Crippen LogP contribution >= 0.6 is 11.6 Å². The number of aliphatic hydroxyl groups is 2. The predicted molar refractivity (Wildman–Crippen MR) is 103 cm³/mol. The lowest BCUT2D eigenvalue weighted by Crippen LogP contribution is -2.43. The molecule has 0 bridgehead atoms. The number of aliphatic hydroxyl groups excluding tert-OH is 1. The van der Waals surface area contributed by atoms with E-state index < -0.39 is 6.29 Å². The second kappa shape index (κ2) is 10.6. The van der Waals surface area contributed by atoms with Gasteiger partial charge in [0.25, 0.3) is 0 Å². The van der Waals surface area contributed by atoms with Crippen LogP contribution < -0.4 is 0 Å². The van der Waals surface area contributed by atoms with Gasteiger partial charge >= 0.3 is 0 Å². The van der Waals surface area contributed by atoms with Gasteiger partial charge in [0.05, 0.1) is 12.6 Å². The van der Waals surface area contributed by atoms with E-state index in [0.29, 0.717) is 36.0 Å². The molecule has 6 heteroatoms. The van der Waals surface area contributed by atoms with E-state index >= 15 is 0 Å². The van der Waals surface area contributed by atoms with Gasteiger partial charge in [0.1, 0.15) is 0 Å². The molecule has 0 aromatic rings. The van der Waals surface area contributed by atoms with Crippen molar-refractivity contribution in [1.29, 1.82) is 0 Å². The fourth-order valence-corrected chi connectivity index (χ4v) is 4.49. The van der Waals surface area contributed by atoms with Crippen LogP contribution in [-0.4, -0.2) is 52.4 Å². The van der Waals surface area contributed by atoms with Gasteiger partial charge in [-0.05, 0) is 50.9 Å². The zero-order valence-electron chi connectivity index (χ0n) is 16.1. The van der Waals surface area contributed by atoms with Gasteiger partial charge in [0.15, 0.2) is 6.29 Å². The Labute approximate surface area is 162 Å². The van der Waals surface area contributed by atoms with Crippen LogP contribution in [0.2, 0.25) is 0 Å². The minimum absolute atomic E-state index is 0.0530. The molecular weight excluding hydrogens is 354 g/mol. The smallest absolute Gasteiger partial charge is 0.227 e. The van der Waals surface area contributed by atoms with E-state index in [1.165, 1.54) is 0 Å². The molecule has 26 heavy (non-hydrogen) atoms. The van der Waals surface area contributed by atoms with Gasteiger partial charge in [-0.3, -0.25) is 4.79 Å². The van der Waals surface area contributed by atoms with Crippen molar-refractivity contribution in [2.75, 3.05) is 19.0 Å². The first kappa shape index (κ1) is 21.7. The van der Waals surface area contributed by atoms with Crippen molar-refractivity contribution in [2.24, 2.45) is 11.8 Å². The Balaban J connectivity index is 2.06. The molecule has 2 aliphatic heterocycles. The maximum atomic E-state index is 12.7. The molecule has 0 aliphatic carbocycles. The summed E-state index contributed by atoms with van der Waals surface area (Å²) >= 11 is 6.10. The first-order valence-electron chi connectivity index (χ1n) is 10.0. The van der Waals surface area contributed by atoms with Crippen LogP contribution in [0.3, 0.4) is 0 Å². The molecule has 1 fully saturated rings. The van der Waals surface area contributed by atoms with Crippen molar-refractivity contribution < 1.29 is 19.7 Å². The first-order valence-corrected chi connectivity index (χ1v) is 10.6. The van der Waals surface area contributed by atoms with Gasteiger partial charge in [0.2, 0.25) is 5.91 Å². The van der Waals surface area contributed by atoms with Crippen molar-refractivity contribution in [3.63, 3.8) is 0 Å². The molecule has 2 heterocycles. The summed E-state index contributed by atoms with van der Waals surface area (Å²) in [6.45, 7) is 5.24. The summed E-state index contributed by atoms with van der Waals surface area (Å²) in [5, 5.41) is 19.9. The third kappa shape index (κ3) is 5.69. The van der Waals surface area contributed by atoms with E-state index in [4.69, 9.17) is 16.3 Å². The third-order valence-corrected chi connectivity index (χ3v) is 6.22. The average molecular weight is 388 g/mol. The summed E-state index contributed by atoms with van der Waals surface area (Å²) < 4.78 is 5.65. The molecule has 1 saturated heterocycles. The van der Waals surface area contributed by atoms with Crippen molar-refractivity contribution in [3.05, 3.63) is 11.3 Å². The first-order chi connectivity index (χ1) is 12.5. The number of rotatable bonds is 10. The molecule has 5 nitrogen and oxygen atoms in total. The summed E-state index contributed by atoms with van der Waals surface area (Å²) in [5.74, 6) is 0.985. The van der Waals surface area contributed by atoms with E-state index in [2.05, 4.69) is 6.92 Å². The number of alkyl halides is 1. The zero-order chi connectivity index (χ0) is 19.1. The SMILES string of the molecule is CCCCC(CCl)CC[C@H]1CC(=O)N(C[C@H]2CCCO2)C(C)=C1C(O)O. The quantitative estimate of drug-likeness (QED) is 0.445. The van der Waals surface area contributed by atoms with Crippen molar-refractivity contribution >= 4 is 17.5 Å². The van der Waals surface area contributed by atoms with Gasteiger partial charge < -0.3 is 19.8 Å².